The summed E-state index contributed by atoms with van der Waals surface area (Å²) in [5.41, 5.74) is 1.21. The number of nitrogens with zero attached hydrogens (tertiary/aromatic N) is 3. The second kappa shape index (κ2) is 6.27. The van der Waals surface area contributed by atoms with Crippen LogP contribution in [0.3, 0.4) is 0 Å². The summed E-state index contributed by atoms with van der Waals surface area (Å²) >= 11 is 0. The van der Waals surface area contributed by atoms with E-state index >= 15 is 0 Å². The molecular formula is C19H21N3O3. The van der Waals surface area contributed by atoms with Crippen LogP contribution in [0.2, 0.25) is 0 Å². The number of hydrogen-bond donors (Lipinski definition) is 1. The lowest BCUT2D eigenvalue weighted by Crippen LogP contribution is -2.19. The Bertz CT molecular complexity index is 894. The van der Waals surface area contributed by atoms with Crippen molar-refractivity contribution in [2.24, 2.45) is 5.92 Å². The van der Waals surface area contributed by atoms with E-state index in [4.69, 9.17) is 4.74 Å². The van der Waals surface area contributed by atoms with Crippen molar-refractivity contribution < 1.29 is 14.6 Å². The van der Waals surface area contributed by atoms with E-state index in [1.165, 1.54) is 12.8 Å². The molecule has 0 bridgehead atoms. The lowest BCUT2D eigenvalue weighted by molar-refractivity contribution is 0.0685. The van der Waals surface area contributed by atoms with Crippen molar-refractivity contribution >= 4 is 16.9 Å². The van der Waals surface area contributed by atoms with E-state index in [0.29, 0.717) is 18.2 Å². The first kappa shape index (κ1) is 15.7. The molecule has 1 unspecified atom stereocenters. The third-order valence-electron chi connectivity index (χ3n) is 4.60. The molecule has 1 aliphatic carbocycles. The van der Waals surface area contributed by atoms with Gasteiger partial charge in [0.15, 0.2) is 0 Å². The Balaban J connectivity index is 1.69. The van der Waals surface area contributed by atoms with E-state index in [1.807, 2.05) is 40.5 Å². The Labute approximate surface area is 145 Å². The molecule has 2 aromatic heterocycles. The molecule has 0 aliphatic heterocycles. The van der Waals surface area contributed by atoms with Crippen molar-refractivity contribution in [1.82, 2.24) is 14.1 Å². The Morgan fingerprint density at radius 2 is 2.28 bits per heavy atom. The average Bonchev–Trinajstić information content (AvgIpc) is 3.09. The highest BCUT2D eigenvalue weighted by Crippen LogP contribution is 2.36. The van der Waals surface area contributed by atoms with Crippen molar-refractivity contribution in [3.05, 3.63) is 48.7 Å². The fourth-order valence-electron chi connectivity index (χ4n) is 3.26. The van der Waals surface area contributed by atoms with Crippen LogP contribution in [-0.4, -0.2) is 31.3 Å². The van der Waals surface area contributed by atoms with Crippen molar-refractivity contribution in [2.75, 3.05) is 0 Å². The van der Waals surface area contributed by atoms with Gasteiger partial charge in [0.1, 0.15) is 17.5 Å². The minimum absolute atomic E-state index is 0.0580. The fraction of sp³-hybridized carbons (Fsp3) is 0.368. The fourth-order valence-corrected chi connectivity index (χ4v) is 3.26. The zero-order valence-corrected chi connectivity index (χ0v) is 14.1. The molecule has 1 aliphatic rings. The minimum atomic E-state index is -0.894. The molecule has 1 N–H and O–H groups in total. The van der Waals surface area contributed by atoms with Gasteiger partial charge < -0.3 is 19.0 Å². The van der Waals surface area contributed by atoms with Crippen molar-refractivity contribution in [3.63, 3.8) is 0 Å². The molecule has 4 rings (SSSR count). The summed E-state index contributed by atoms with van der Waals surface area (Å²) in [4.78, 5) is 15.7. The number of aromatic nitrogens is 3. The van der Waals surface area contributed by atoms with Gasteiger partial charge in [-0.15, -0.1) is 0 Å². The largest absolute Gasteiger partial charge is 0.487 e. The van der Waals surface area contributed by atoms with Crippen LogP contribution in [-0.2, 0) is 13.1 Å². The van der Waals surface area contributed by atoms with Crippen LogP contribution in [0.25, 0.3) is 10.9 Å². The molecule has 0 spiro atoms. The maximum atomic E-state index is 11.7. The first-order valence-electron chi connectivity index (χ1n) is 8.60. The number of para-hydroxylation sites is 1. The van der Waals surface area contributed by atoms with Crippen LogP contribution >= 0.6 is 0 Å². The summed E-state index contributed by atoms with van der Waals surface area (Å²) in [7, 11) is 0. The van der Waals surface area contributed by atoms with Gasteiger partial charge in [0.25, 0.3) is 0 Å². The SMILES string of the molecule is CC(Cn1ccnc1)Oc1cccc2cc(C(=O)O)n(CC3CC3)c12. The molecule has 1 aromatic carbocycles. The van der Waals surface area contributed by atoms with Crippen LogP contribution in [0.1, 0.15) is 30.3 Å². The third kappa shape index (κ3) is 3.24. The number of carboxylic acids is 1. The first-order chi connectivity index (χ1) is 12.1. The summed E-state index contributed by atoms with van der Waals surface area (Å²) in [6.45, 7) is 3.43. The normalized spacial score (nSPS) is 15.4. The molecule has 130 valence electrons. The molecule has 0 amide bonds. The van der Waals surface area contributed by atoms with Crippen LogP contribution < -0.4 is 4.74 Å². The maximum Gasteiger partial charge on any atom is 0.352 e. The lowest BCUT2D eigenvalue weighted by Gasteiger charge is -2.17. The molecule has 2 heterocycles. The number of imidazole rings is 1. The van der Waals surface area contributed by atoms with E-state index in [-0.39, 0.29) is 6.10 Å². The van der Waals surface area contributed by atoms with Gasteiger partial charge in [0.2, 0.25) is 0 Å². The van der Waals surface area contributed by atoms with E-state index in [9.17, 15) is 9.90 Å². The van der Waals surface area contributed by atoms with Crippen molar-refractivity contribution in [3.8, 4) is 5.75 Å². The average molecular weight is 339 g/mol. The van der Waals surface area contributed by atoms with E-state index in [2.05, 4.69) is 4.98 Å². The number of carboxylic acid groups (broad SMARTS) is 1. The number of carbonyl (C=O) groups is 1. The Kier molecular flexibility index (Phi) is 3.95. The topological polar surface area (TPSA) is 69.3 Å². The Morgan fingerprint density at radius 1 is 1.44 bits per heavy atom. The quantitative estimate of drug-likeness (QED) is 0.716. The second-order valence-electron chi connectivity index (χ2n) is 6.77. The highest BCUT2D eigenvalue weighted by atomic mass is 16.5. The van der Waals surface area contributed by atoms with Gasteiger partial charge in [-0.3, -0.25) is 0 Å². The molecule has 3 aromatic rings. The first-order valence-corrected chi connectivity index (χ1v) is 8.60. The van der Waals surface area contributed by atoms with Gasteiger partial charge in [-0.25, -0.2) is 9.78 Å². The van der Waals surface area contributed by atoms with Gasteiger partial charge in [0, 0.05) is 24.3 Å². The number of rotatable bonds is 7. The van der Waals surface area contributed by atoms with Crippen LogP contribution in [0.5, 0.6) is 5.75 Å². The van der Waals surface area contributed by atoms with Gasteiger partial charge in [-0.2, -0.15) is 0 Å². The summed E-state index contributed by atoms with van der Waals surface area (Å²) in [6.07, 6.45) is 7.68. The molecule has 6 nitrogen and oxygen atoms in total. The highest BCUT2D eigenvalue weighted by Gasteiger charge is 2.26. The van der Waals surface area contributed by atoms with Crippen molar-refractivity contribution in [1.29, 1.82) is 0 Å². The summed E-state index contributed by atoms with van der Waals surface area (Å²) in [5, 5.41) is 10.5. The number of ether oxygens (including phenoxy) is 1. The highest BCUT2D eigenvalue weighted by molar-refractivity contribution is 5.96. The summed E-state index contributed by atoms with van der Waals surface area (Å²) < 4.78 is 10.1. The molecule has 25 heavy (non-hydrogen) atoms. The molecule has 0 radical (unpaired) electrons. The second-order valence-corrected chi connectivity index (χ2v) is 6.77. The predicted octanol–water partition coefficient (Wildman–Crippen LogP) is 3.41. The van der Waals surface area contributed by atoms with Gasteiger partial charge in [-0.1, -0.05) is 12.1 Å². The number of hydrogen-bond acceptors (Lipinski definition) is 3. The van der Waals surface area contributed by atoms with Gasteiger partial charge in [-0.05, 0) is 37.8 Å². The maximum absolute atomic E-state index is 11.7. The molecule has 1 atom stereocenters. The van der Waals surface area contributed by atoms with Crippen LogP contribution in [0, 0.1) is 5.92 Å². The number of aromatic carboxylic acids is 1. The standard InChI is InChI=1S/C19H21N3O3/c1-13(10-21-8-7-20-12-21)25-17-4-2-3-15-9-16(19(23)24)22(18(15)17)11-14-5-6-14/h2-4,7-9,12-14H,5-6,10-11H2,1H3,(H,23,24). The predicted molar refractivity (Wildman–Crippen MR) is 93.9 cm³/mol. The van der Waals surface area contributed by atoms with E-state index in [1.54, 1.807) is 18.6 Å². The smallest absolute Gasteiger partial charge is 0.352 e. The molecule has 1 saturated carbocycles. The Morgan fingerprint density at radius 3 is 2.96 bits per heavy atom. The summed E-state index contributed by atoms with van der Waals surface area (Å²) in [5.74, 6) is 0.414. The van der Waals surface area contributed by atoms with Gasteiger partial charge in [0.05, 0.1) is 18.4 Å². The van der Waals surface area contributed by atoms with Crippen molar-refractivity contribution in [2.45, 2.75) is 39.0 Å². The van der Waals surface area contributed by atoms with Crippen LogP contribution in [0.15, 0.2) is 43.0 Å². The minimum Gasteiger partial charge on any atom is -0.487 e. The zero-order chi connectivity index (χ0) is 17.4. The molecule has 1 fully saturated rings. The number of fused-ring (bicyclic) bond motifs is 1. The lowest BCUT2D eigenvalue weighted by atomic mass is 10.2. The Hall–Kier alpha value is -2.76. The van der Waals surface area contributed by atoms with E-state index in [0.717, 1.165) is 23.2 Å². The summed E-state index contributed by atoms with van der Waals surface area (Å²) in [6, 6.07) is 7.52. The monoisotopic (exact) mass is 339 g/mol. The molecule has 0 saturated heterocycles. The molecular weight excluding hydrogens is 318 g/mol. The van der Waals surface area contributed by atoms with E-state index < -0.39 is 5.97 Å². The number of benzene rings is 1. The molecule has 6 heteroatoms. The third-order valence-corrected chi connectivity index (χ3v) is 4.60. The van der Waals surface area contributed by atoms with Gasteiger partial charge >= 0.3 is 5.97 Å². The van der Waals surface area contributed by atoms with Crippen LogP contribution in [0.4, 0.5) is 0 Å². The zero-order valence-electron chi connectivity index (χ0n) is 14.1.